The molecule has 5 heteroatoms. The lowest BCUT2D eigenvalue weighted by molar-refractivity contribution is 0.0697. The molecule has 0 aliphatic heterocycles. The van der Waals surface area contributed by atoms with E-state index in [0.717, 1.165) is 11.2 Å². The molecule has 94 valence electrons. The fourth-order valence-electron chi connectivity index (χ4n) is 1.95. The number of aromatic nitrogens is 2. The van der Waals surface area contributed by atoms with Crippen LogP contribution in [0.5, 0.6) is 0 Å². The van der Waals surface area contributed by atoms with E-state index in [1.807, 2.05) is 28.8 Å². The van der Waals surface area contributed by atoms with Gasteiger partial charge in [0.15, 0.2) is 0 Å². The van der Waals surface area contributed by atoms with Gasteiger partial charge in [-0.3, -0.25) is 4.57 Å². The molecule has 0 radical (unpaired) electrons. The van der Waals surface area contributed by atoms with E-state index >= 15 is 0 Å². The summed E-state index contributed by atoms with van der Waals surface area (Å²) in [4.78, 5) is 15.2. The number of carbonyl (C=O) groups is 1. The fourth-order valence-corrected chi connectivity index (χ4v) is 2.31. The molecule has 2 aromatic carbocycles. The molecule has 1 aromatic heterocycles. The number of aromatic carboxylic acids is 1. The van der Waals surface area contributed by atoms with Gasteiger partial charge >= 0.3 is 5.97 Å². The van der Waals surface area contributed by atoms with Crippen molar-refractivity contribution in [3.8, 4) is 5.69 Å². The molecule has 19 heavy (non-hydrogen) atoms. The van der Waals surface area contributed by atoms with Crippen molar-refractivity contribution in [3.05, 3.63) is 57.9 Å². The predicted molar refractivity (Wildman–Crippen MR) is 80.7 cm³/mol. The molecule has 0 amide bonds. The zero-order valence-electron chi connectivity index (χ0n) is 9.75. The summed E-state index contributed by atoms with van der Waals surface area (Å²) in [6, 6.07) is 13.0. The number of rotatable bonds is 2. The van der Waals surface area contributed by atoms with Crippen LogP contribution >= 0.6 is 22.6 Å². The van der Waals surface area contributed by atoms with E-state index in [-0.39, 0.29) is 5.56 Å². The third-order valence-corrected chi connectivity index (χ3v) is 3.62. The largest absolute Gasteiger partial charge is 0.478 e. The Balaban J connectivity index is 2.15. The van der Waals surface area contributed by atoms with E-state index in [2.05, 4.69) is 27.6 Å². The van der Waals surface area contributed by atoms with Crippen LogP contribution in [0, 0.1) is 3.57 Å². The highest BCUT2D eigenvalue weighted by Gasteiger charge is 2.08. The van der Waals surface area contributed by atoms with E-state index < -0.39 is 5.97 Å². The maximum atomic E-state index is 10.9. The van der Waals surface area contributed by atoms with E-state index in [0.29, 0.717) is 5.52 Å². The number of imidazole rings is 1. The molecule has 4 nitrogen and oxygen atoms in total. The monoisotopic (exact) mass is 364 g/mol. The van der Waals surface area contributed by atoms with Crippen molar-refractivity contribution in [2.45, 2.75) is 0 Å². The lowest BCUT2D eigenvalue weighted by atomic mass is 10.2. The van der Waals surface area contributed by atoms with Crippen molar-refractivity contribution in [2.24, 2.45) is 0 Å². The molecule has 0 unspecified atom stereocenters. The molecule has 1 heterocycles. The standard InChI is InChI=1S/C14H9IN2O2/c15-10-2-4-11(5-3-10)17-8-16-12-7-9(14(18)19)1-6-13(12)17/h1-8H,(H,18,19). The third kappa shape index (κ3) is 2.21. The van der Waals surface area contributed by atoms with Gasteiger partial charge in [-0.1, -0.05) is 0 Å². The average molecular weight is 364 g/mol. The Morgan fingerprint density at radius 3 is 2.58 bits per heavy atom. The SMILES string of the molecule is O=C(O)c1ccc2c(c1)ncn2-c1ccc(I)cc1. The predicted octanol–water partition coefficient (Wildman–Crippen LogP) is 3.33. The summed E-state index contributed by atoms with van der Waals surface area (Å²) in [5, 5.41) is 8.96. The highest BCUT2D eigenvalue weighted by Crippen LogP contribution is 2.20. The first-order chi connectivity index (χ1) is 9.15. The molecular formula is C14H9IN2O2. The van der Waals surface area contributed by atoms with Gasteiger partial charge in [0.25, 0.3) is 0 Å². The van der Waals surface area contributed by atoms with Crippen LogP contribution in [-0.2, 0) is 0 Å². The normalized spacial score (nSPS) is 10.8. The second-order valence-corrected chi connectivity index (χ2v) is 5.35. The molecule has 0 bridgehead atoms. The molecule has 0 fully saturated rings. The van der Waals surface area contributed by atoms with E-state index in [1.54, 1.807) is 24.5 Å². The van der Waals surface area contributed by atoms with Gasteiger partial charge in [0, 0.05) is 9.26 Å². The Bertz CT molecular complexity index is 763. The topological polar surface area (TPSA) is 55.1 Å². The zero-order chi connectivity index (χ0) is 13.4. The second kappa shape index (κ2) is 4.65. The van der Waals surface area contributed by atoms with Crippen molar-refractivity contribution in [3.63, 3.8) is 0 Å². The Morgan fingerprint density at radius 1 is 1.16 bits per heavy atom. The molecule has 0 atom stereocenters. The summed E-state index contributed by atoms with van der Waals surface area (Å²) < 4.78 is 3.11. The summed E-state index contributed by atoms with van der Waals surface area (Å²) >= 11 is 2.25. The minimum atomic E-state index is -0.939. The minimum Gasteiger partial charge on any atom is -0.478 e. The fraction of sp³-hybridized carbons (Fsp3) is 0. The third-order valence-electron chi connectivity index (χ3n) is 2.90. The van der Waals surface area contributed by atoms with Crippen molar-refractivity contribution in [1.29, 1.82) is 0 Å². The van der Waals surface area contributed by atoms with Crippen LogP contribution in [0.3, 0.4) is 0 Å². The molecule has 0 saturated carbocycles. The van der Waals surface area contributed by atoms with Gasteiger partial charge in [-0.25, -0.2) is 9.78 Å². The molecule has 0 spiro atoms. The van der Waals surface area contributed by atoms with Crippen LogP contribution in [0.1, 0.15) is 10.4 Å². The molecule has 1 N–H and O–H groups in total. The number of nitrogens with zero attached hydrogens (tertiary/aromatic N) is 2. The first-order valence-electron chi connectivity index (χ1n) is 5.61. The van der Waals surface area contributed by atoms with Crippen LogP contribution in [0.2, 0.25) is 0 Å². The number of hydrogen-bond donors (Lipinski definition) is 1. The van der Waals surface area contributed by atoms with Gasteiger partial charge in [-0.2, -0.15) is 0 Å². The summed E-state index contributed by atoms with van der Waals surface area (Å²) in [7, 11) is 0. The Hall–Kier alpha value is -1.89. The lowest BCUT2D eigenvalue weighted by Crippen LogP contribution is -1.96. The maximum absolute atomic E-state index is 10.9. The molecule has 0 saturated heterocycles. The van der Waals surface area contributed by atoms with Gasteiger partial charge in [0.05, 0.1) is 16.6 Å². The number of carboxylic acid groups (broad SMARTS) is 1. The van der Waals surface area contributed by atoms with E-state index in [9.17, 15) is 4.79 Å². The number of hydrogen-bond acceptors (Lipinski definition) is 2. The number of carboxylic acids is 1. The second-order valence-electron chi connectivity index (χ2n) is 4.10. The lowest BCUT2D eigenvalue weighted by Gasteiger charge is -2.04. The minimum absolute atomic E-state index is 0.250. The van der Waals surface area contributed by atoms with E-state index in [4.69, 9.17) is 5.11 Å². The average Bonchev–Trinajstić information content (AvgIpc) is 2.82. The number of fused-ring (bicyclic) bond motifs is 1. The first kappa shape index (κ1) is 12.2. The van der Waals surface area contributed by atoms with Gasteiger partial charge in [-0.15, -0.1) is 0 Å². The molecule has 0 aliphatic rings. The van der Waals surface area contributed by atoms with E-state index in [1.165, 1.54) is 3.57 Å². The van der Waals surface area contributed by atoms with Crippen LogP contribution in [-0.4, -0.2) is 20.6 Å². The maximum Gasteiger partial charge on any atom is 0.335 e. The van der Waals surface area contributed by atoms with Crippen molar-refractivity contribution in [1.82, 2.24) is 9.55 Å². The van der Waals surface area contributed by atoms with Crippen LogP contribution in [0.25, 0.3) is 16.7 Å². The van der Waals surface area contributed by atoms with Crippen molar-refractivity contribution in [2.75, 3.05) is 0 Å². The summed E-state index contributed by atoms with van der Waals surface area (Å²) in [5.41, 5.74) is 2.83. The highest BCUT2D eigenvalue weighted by atomic mass is 127. The van der Waals surface area contributed by atoms with Crippen molar-refractivity contribution >= 4 is 39.6 Å². The molecule has 3 rings (SSSR count). The van der Waals surface area contributed by atoms with Crippen molar-refractivity contribution < 1.29 is 9.90 Å². The first-order valence-corrected chi connectivity index (χ1v) is 6.69. The summed E-state index contributed by atoms with van der Waals surface area (Å²) in [6.07, 6.45) is 1.71. The van der Waals surface area contributed by atoms with Gasteiger partial charge in [0.1, 0.15) is 6.33 Å². The van der Waals surface area contributed by atoms with Gasteiger partial charge in [0.2, 0.25) is 0 Å². The zero-order valence-corrected chi connectivity index (χ0v) is 11.9. The molecular weight excluding hydrogens is 355 g/mol. The van der Waals surface area contributed by atoms with Crippen LogP contribution in [0.4, 0.5) is 0 Å². The van der Waals surface area contributed by atoms with Crippen LogP contribution in [0.15, 0.2) is 48.8 Å². The number of halogens is 1. The van der Waals surface area contributed by atoms with Gasteiger partial charge in [-0.05, 0) is 65.1 Å². The Morgan fingerprint density at radius 2 is 1.89 bits per heavy atom. The molecule has 3 aromatic rings. The van der Waals surface area contributed by atoms with Gasteiger partial charge < -0.3 is 5.11 Å². The summed E-state index contributed by atoms with van der Waals surface area (Å²) in [6.45, 7) is 0. The highest BCUT2D eigenvalue weighted by molar-refractivity contribution is 14.1. The summed E-state index contributed by atoms with van der Waals surface area (Å²) in [5.74, 6) is -0.939. The molecule has 0 aliphatic carbocycles. The smallest absolute Gasteiger partial charge is 0.335 e. The Kier molecular flexibility index (Phi) is 2.98. The number of benzene rings is 2. The quantitative estimate of drug-likeness (QED) is 0.710. The Labute approximate surface area is 122 Å². The van der Waals surface area contributed by atoms with Crippen LogP contribution < -0.4 is 0 Å².